The van der Waals surface area contributed by atoms with Gasteiger partial charge in [-0.1, -0.05) is 17.7 Å². The maximum Gasteiger partial charge on any atom is 0.240 e. The Hall–Kier alpha value is -1.15. The lowest BCUT2D eigenvalue weighted by Gasteiger charge is -2.25. The molecule has 1 aromatic rings. The standard InChI is InChI=1S/C17H23ClN2O4S/c18-14-2-1-3-16(10-14)25(22,23)19-8-6-17(21)20(15-4-5-15)11-13-7-9-24-12-13/h1-3,10,13,15,19H,4-9,11-12H2. The largest absolute Gasteiger partial charge is 0.381 e. The topological polar surface area (TPSA) is 75.7 Å². The zero-order valence-corrected chi connectivity index (χ0v) is 15.6. The molecule has 1 aliphatic carbocycles. The Bertz CT molecular complexity index is 715. The van der Waals surface area contributed by atoms with Crippen LogP contribution >= 0.6 is 11.6 Å². The number of sulfonamides is 1. The van der Waals surface area contributed by atoms with E-state index in [1.807, 2.05) is 4.90 Å². The van der Waals surface area contributed by atoms with E-state index in [9.17, 15) is 13.2 Å². The lowest BCUT2D eigenvalue weighted by atomic mass is 10.1. The van der Waals surface area contributed by atoms with Gasteiger partial charge in [0.15, 0.2) is 0 Å². The van der Waals surface area contributed by atoms with Crippen LogP contribution in [0, 0.1) is 5.92 Å². The number of carbonyl (C=O) groups excluding carboxylic acids is 1. The summed E-state index contributed by atoms with van der Waals surface area (Å²) in [5.74, 6) is 0.399. The molecule has 1 unspecified atom stereocenters. The van der Waals surface area contributed by atoms with Crippen LogP contribution in [0.3, 0.4) is 0 Å². The molecule has 1 saturated heterocycles. The molecule has 1 saturated carbocycles. The smallest absolute Gasteiger partial charge is 0.240 e. The van der Waals surface area contributed by atoms with Crippen LogP contribution in [0.4, 0.5) is 0 Å². The first kappa shape index (κ1) is 18.6. The number of halogens is 1. The Labute approximate surface area is 153 Å². The number of hydrogen-bond donors (Lipinski definition) is 1. The van der Waals surface area contributed by atoms with Crippen LogP contribution in [0.25, 0.3) is 0 Å². The summed E-state index contributed by atoms with van der Waals surface area (Å²) in [6.07, 6.45) is 3.21. The fourth-order valence-electron chi connectivity index (χ4n) is 3.00. The Morgan fingerprint density at radius 3 is 2.76 bits per heavy atom. The van der Waals surface area contributed by atoms with Crippen LogP contribution in [-0.2, 0) is 19.6 Å². The molecular weight excluding hydrogens is 364 g/mol. The van der Waals surface area contributed by atoms with Gasteiger partial charge in [0.1, 0.15) is 0 Å². The summed E-state index contributed by atoms with van der Waals surface area (Å²) in [5.41, 5.74) is 0. The molecule has 2 aliphatic rings. The third-order valence-electron chi connectivity index (χ3n) is 4.52. The van der Waals surface area contributed by atoms with E-state index in [4.69, 9.17) is 16.3 Å². The highest BCUT2D eigenvalue weighted by atomic mass is 35.5. The van der Waals surface area contributed by atoms with E-state index in [0.29, 0.717) is 30.1 Å². The van der Waals surface area contributed by atoms with Gasteiger partial charge in [-0.25, -0.2) is 13.1 Å². The first-order valence-corrected chi connectivity index (χ1v) is 10.4. The van der Waals surface area contributed by atoms with Crippen LogP contribution < -0.4 is 4.72 Å². The van der Waals surface area contributed by atoms with Crippen molar-refractivity contribution in [3.05, 3.63) is 29.3 Å². The fraction of sp³-hybridized carbons (Fsp3) is 0.588. The fourth-order valence-corrected chi connectivity index (χ4v) is 4.33. The quantitative estimate of drug-likeness (QED) is 0.741. The van der Waals surface area contributed by atoms with Crippen molar-refractivity contribution < 1.29 is 17.9 Å². The molecule has 138 valence electrons. The Morgan fingerprint density at radius 2 is 2.12 bits per heavy atom. The average Bonchev–Trinajstić information content (AvgIpc) is 3.28. The minimum atomic E-state index is -3.66. The second kappa shape index (κ2) is 8.03. The van der Waals surface area contributed by atoms with Crippen molar-refractivity contribution in [3.8, 4) is 0 Å². The second-order valence-electron chi connectivity index (χ2n) is 6.61. The van der Waals surface area contributed by atoms with Gasteiger partial charge in [0.05, 0.1) is 11.5 Å². The van der Waals surface area contributed by atoms with Crippen molar-refractivity contribution in [1.29, 1.82) is 0 Å². The Balaban J connectivity index is 1.52. The predicted molar refractivity (Wildman–Crippen MR) is 94.9 cm³/mol. The SMILES string of the molecule is O=C(CCNS(=O)(=O)c1cccc(Cl)c1)N(CC1CCOC1)C1CC1. The molecule has 1 amide bonds. The van der Waals surface area contributed by atoms with E-state index in [1.165, 1.54) is 12.1 Å². The van der Waals surface area contributed by atoms with Crippen molar-refractivity contribution in [2.24, 2.45) is 5.92 Å². The third kappa shape index (κ3) is 5.17. The summed E-state index contributed by atoms with van der Waals surface area (Å²) < 4.78 is 32.4. The molecule has 25 heavy (non-hydrogen) atoms. The van der Waals surface area contributed by atoms with Crippen molar-refractivity contribution in [1.82, 2.24) is 9.62 Å². The van der Waals surface area contributed by atoms with E-state index >= 15 is 0 Å². The second-order valence-corrected chi connectivity index (χ2v) is 8.82. The molecule has 1 heterocycles. The molecule has 0 radical (unpaired) electrons. The first-order valence-electron chi connectivity index (χ1n) is 8.58. The lowest BCUT2D eigenvalue weighted by molar-refractivity contribution is -0.132. The zero-order valence-electron chi connectivity index (χ0n) is 14.0. The van der Waals surface area contributed by atoms with Gasteiger partial charge in [-0.3, -0.25) is 4.79 Å². The molecule has 3 rings (SSSR count). The van der Waals surface area contributed by atoms with Crippen LogP contribution in [0.1, 0.15) is 25.7 Å². The van der Waals surface area contributed by atoms with E-state index in [0.717, 1.165) is 25.9 Å². The van der Waals surface area contributed by atoms with E-state index < -0.39 is 10.0 Å². The number of ether oxygens (including phenoxy) is 1. The third-order valence-corrected chi connectivity index (χ3v) is 6.22. The Morgan fingerprint density at radius 1 is 1.32 bits per heavy atom. The number of hydrogen-bond acceptors (Lipinski definition) is 4. The number of rotatable bonds is 8. The summed E-state index contributed by atoms with van der Waals surface area (Å²) >= 11 is 5.84. The van der Waals surface area contributed by atoms with Gasteiger partial charge >= 0.3 is 0 Å². The lowest BCUT2D eigenvalue weighted by Crippen LogP contribution is -2.39. The zero-order chi connectivity index (χ0) is 17.9. The van der Waals surface area contributed by atoms with Gasteiger partial charge in [-0.05, 0) is 37.5 Å². The summed E-state index contributed by atoms with van der Waals surface area (Å²) in [4.78, 5) is 14.5. The number of benzene rings is 1. The van der Waals surface area contributed by atoms with Crippen molar-refractivity contribution in [3.63, 3.8) is 0 Å². The molecule has 0 spiro atoms. The minimum absolute atomic E-state index is 0.00296. The summed E-state index contributed by atoms with van der Waals surface area (Å²) in [5, 5.41) is 0.359. The van der Waals surface area contributed by atoms with Gasteiger partial charge < -0.3 is 9.64 Å². The predicted octanol–water partition coefficient (Wildman–Crippen LogP) is 2.04. The van der Waals surface area contributed by atoms with Crippen molar-refractivity contribution in [2.45, 2.75) is 36.6 Å². The number of nitrogens with one attached hydrogen (secondary N) is 1. The number of amides is 1. The van der Waals surface area contributed by atoms with E-state index in [1.54, 1.807) is 12.1 Å². The summed E-state index contributed by atoms with van der Waals surface area (Å²) in [6.45, 7) is 2.26. The van der Waals surface area contributed by atoms with Crippen LogP contribution in [0.15, 0.2) is 29.2 Å². The van der Waals surface area contributed by atoms with Crippen molar-refractivity contribution >= 4 is 27.5 Å². The molecule has 1 atom stereocenters. The molecule has 1 aromatic carbocycles. The summed E-state index contributed by atoms with van der Waals surface area (Å²) in [7, 11) is -3.66. The monoisotopic (exact) mass is 386 g/mol. The number of carbonyl (C=O) groups is 1. The first-order chi connectivity index (χ1) is 12.0. The van der Waals surface area contributed by atoms with Crippen molar-refractivity contribution in [2.75, 3.05) is 26.3 Å². The molecule has 2 fully saturated rings. The molecule has 0 bridgehead atoms. The van der Waals surface area contributed by atoms with Gasteiger partial charge in [0.2, 0.25) is 15.9 Å². The molecule has 1 N–H and O–H groups in total. The highest BCUT2D eigenvalue weighted by Crippen LogP contribution is 2.29. The van der Waals surface area contributed by atoms with Crippen LogP contribution in [-0.4, -0.2) is 51.6 Å². The maximum atomic E-state index is 12.5. The van der Waals surface area contributed by atoms with E-state index in [-0.39, 0.29) is 23.8 Å². The van der Waals surface area contributed by atoms with Crippen LogP contribution in [0.5, 0.6) is 0 Å². The van der Waals surface area contributed by atoms with E-state index in [2.05, 4.69) is 4.72 Å². The summed E-state index contributed by atoms with van der Waals surface area (Å²) in [6, 6.07) is 6.39. The average molecular weight is 387 g/mol. The molecule has 8 heteroatoms. The maximum absolute atomic E-state index is 12.5. The highest BCUT2D eigenvalue weighted by Gasteiger charge is 2.34. The van der Waals surface area contributed by atoms with Gasteiger partial charge in [-0.15, -0.1) is 0 Å². The van der Waals surface area contributed by atoms with Crippen LogP contribution in [0.2, 0.25) is 5.02 Å². The van der Waals surface area contributed by atoms with Gasteiger partial charge in [-0.2, -0.15) is 0 Å². The normalized spacial score (nSPS) is 20.6. The number of nitrogens with zero attached hydrogens (tertiary/aromatic N) is 1. The minimum Gasteiger partial charge on any atom is -0.381 e. The molecule has 0 aromatic heterocycles. The van der Waals surface area contributed by atoms with Gasteiger partial charge in [0.25, 0.3) is 0 Å². The molecule has 1 aliphatic heterocycles. The Kier molecular flexibility index (Phi) is 5.99. The molecule has 6 nitrogen and oxygen atoms in total. The van der Waals surface area contributed by atoms with Gasteiger partial charge in [0, 0.05) is 43.1 Å². The highest BCUT2D eigenvalue weighted by molar-refractivity contribution is 7.89. The molecular formula is C17H23ClN2O4S.